The van der Waals surface area contributed by atoms with E-state index in [9.17, 15) is 4.79 Å². The summed E-state index contributed by atoms with van der Waals surface area (Å²) in [5.41, 5.74) is 4.97. The lowest BCUT2D eigenvalue weighted by atomic mass is 10.0. The number of nitrogens with one attached hydrogen (secondary N) is 1. The molecule has 1 aromatic heterocycles. The van der Waals surface area contributed by atoms with Crippen molar-refractivity contribution in [3.63, 3.8) is 0 Å². The lowest BCUT2D eigenvalue weighted by Crippen LogP contribution is -2.31. The molecule has 4 aromatic rings. The average Bonchev–Trinajstić information content (AvgIpc) is 3.07. The third-order valence-corrected chi connectivity index (χ3v) is 8.22. The number of hydrogen-bond acceptors (Lipinski definition) is 9. The molecular weight excluding hydrogens is 582 g/mol. The van der Waals surface area contributed by atoms with Gasteiger partial charge in [-0.05, 0) is 81.6 Å². The molecule has 242 valence electrons. The minimum atomic E-state index is -0.650. The number of aromatic nitrogens is 2. The van der Waals surface area contributed by atoms with Crippen LogP contribution in [-0.2, 0) is 0 Å². The van der Waals surface area contributed by atoms with Crippen LogP contribution in [0.15, 0.2) is 66.7 Å². The van der Waals surface area contributed by atoms with Crippen molar-refractivity contribution in [2.75, 3.05) is 57.7 Å². The Hall–Kier alpha value is -4.83. The normalized spacial score (nSPS) is 13.2. The Morgan fingerprint density at radius 3 is 2.50 bits per heavy atom. The van der Waals surface area contributed by atoms with E-state index >= 15 is 0 Å². The van der Waals surface area contributed by atoms with Gasteiger partial charge in [0.15, 0.2) is 0 Å². The number of carbonyl (C=O) groups excluding carboxylic acids is 1. The summed E-state index contributed by atoms with van der Waals surface area (Å²) in [4.78, 5) is 26.6. The number of benzene rings is 3. The molecule has 10 heteroatoms. The molecule has 0 spiro atoms. The summed E-state index contributed by atoms with van der Waals surface area (Å²) < 4.78 is 22.7. The SMILES string of the molecule is COc1ccc(OC)c(N(C)C(=O)Oc2cc(-c3cccc(C)c3C)nc(Nc3cccc(OCCCN4CCCCC4)c3)n2)c1. The van der Waals surface area contributed by atoms with Gasteiger partial charge in [-0.15, -0.1) is 0 Å². The zero-order chi connectivity index (χ0) is 32.5. The molecule has 1 aliphatic rings. The number of likely N-dealkylation sites (tertiary alicyclic amines) is 1. The Balaban J connectivity index is 1.36. The largest absolute Gasteiger partial charge is 0.497 e. The summed E-state index contributed by atoms with van der Waals surface area (Å²) in [6.07, 6.45) is 4.24. The molecule has 0 unspecified atom stereocenters. The van der Waals surface area contributed by atoms with Gasteiger partial charge in [-0.3, -0.25) is 4.90 Å². The Labute approximate surface area is 271 Å². The molecule has 2 heterocycles. The topological polar surface area (TPSA) is 98.3 Å². The lowest BCUT2D eigenvalue weighted by Gasteiger charge is -2.26. The van der Waals surface area contributed by atoms with Crippen LogP contribution < -0.4 is 29.2 Å². The standard InChI is InChI=1S/C36H43N5O5/c1-25-12-9-15-30(26(25)2)31-24-34(46-36(42)40(3)32-23-28(43-4)16-17-33(32)44-5)39-35(38-31)37-27-13-10-14-29(22-27)45-21-11-20-41-18-7-6-8-19-41/h9-10,12-17,22-24H,6-8,11,18-21H2,1-5H3,(H,37,38,39). The van der Waals surface area contributed by atoms with E-state index in [-0.39, 0.29) is 11.8 Å². The first-order chi connectivity index (χ1) is 22.3. The molecule has 5 rings (SSSR count). The number of methoxy groups -OCH3 is 2. The number of anilines is 3. The van der Waals surface area contributed by atoms with Gasteiger partial charge < -0.3 is 29.2 Å². The van der Waals surface area contributed by atoms with E-state index in [1.165, 1.54) is 37.3 Å². The first kappa shape index (κ1) is 32.6. The number of nitrogens with zero attached hydrogens (tertiary/aromatic N) is 4. The van der Waals surface area contributed by atoms with Gasteiger partial charge in [0.2, 0.25) is 11.8 Å². The maximum absolute atomic E-state index is 13.4. The van der Waals surface area contributed by atoms with Gasteiger partial charge in [0.1, 0.15) is 17.2 Å². The fourth-order valence-corrected chi connectivity index (χ4v) is 5.47. The molecule has 1 N–H and O–H groups in total. The Morgan fingerprint density at radius 2 is 1.72 bits per heavy atom. The number of carbonyl (C=O) groups is 1. The van der Waals surface area contributed by atoms with E-state index in [0.29, 0.717) is 29.5 Å². The highest BCUT2D eigenvalue weighted by Gasteiger charge is 2.21. The van der Waals surface area contributed by atoms with Crippen LogP contribution in [0.1, 0.15) is 36.8 Å². The summed E-state index contributed by atoms with van der Waals surface area (Å²) in [5.74, 6) is 2.21. The van der Waals surface area contributed by atoms with Crippen LogP contribution in [0.5, 0.6) is 23.1 Å². The molecule has 46 heavy (non-hydrogen) atoms. The molecule has 0 aliphatic carbocycles. The molecule has 3 aromatic carbocycles. The fraction of sp³-hybridized carbons (Fsp3) is 0.361. The molecule has 1 aliphatic heterocycles. The molecule has 1 saturated heterocycles. The predicted molar refractivity (Wildman–Crippen MR) is 181 cm³/mol. The monoisotopic (exact) mass is 625 g/mol. The second-order valence-electron chi connectivity index (χ2n) is 11.4. The maximum atomic E-state index is 13.4. The van der Waals surface area contributed by atoms with E-state index in [1.807, 2.05) is 43.3 Å². The summed E-state index contributed by atoms with van der Waals surface area (Å²) in [7, 11) is 4.70. The average molecular weight is 626 g/mol. The second-order valence-corrected chi connectivity index (χ2v) is 11.4. The van der Waals surface area contributed by atoms with Gasteiger partial charge in [-0.1, -0.05) is 30.7 Å². The van der Waals surface area contributed by atoms with Crippen molar-refractivity contribution in [2.24, 2.45) is 0 Å². The van der Waals surface area contributed by atoms with Crippen molar-refractivity contribution in [3.8, 4) is 34.4 Å². The van der Waals surface area contributed by atoms with Crippen LogP contribution in [0.25, 0.3) is 11.3 Å². The van der Waals surface area contributed by atoms with Crippen LogP contribution in [0, 0.1) is 13.8 Å². The van der Waals surface area contributed by atoms with E-state index in [1.54, 1.807) is 45.5 Å². The molecule has 0 radical (unpaired) electrons. The van der Waals surface area contributed by atoms with Crippen molar-refractivity contribution in [3.05, 3.63) is 77.9 Å². The number of aryl methyl sites for hydroxylation is 1. The minimum absolute atomic E-state index is 0.0947. The van der Waals surface area contributed by atoms with Gasteiger partial charge in [0, 0.05) is 43.0 Å². The van der Waals surface area contributed by atoms with Gasteiger partial charge >= 0.3 is 6.09 Å². The lowest BCUT2D eigenvalue weighted by molar-refractivity contribution is 0.205. The molecule has 0 saturated carbocycles. The van der Waals surface area contributed by atoms with E-state index in [0.717, 1.165) is 41.1 Å². The highest BCUT2D eigenvalue weighted by molar-refractivity contribution is 5.90. The van der Waals surface area contributed by atoms with E-state index in [4.69, 9.17) is 23.9 Å². The number of ether oxygens (including phenoxy) is 4. The molecular formula is C36H43N5O5. The van der Waals surface area contributed by atoms with Crippen molar-refractivity contribution in [1.82, 2.24) is 14.9 Å². The van der Waals surface area contributed by atoms with Crippen LogP contribution >= 0.6 is 0 Å². The summed E-state index contributed by atoms with van der Waals surface area (Å²) in [5, 5.41) is 3.29. The van der Waals surface area contributed by atoms with Crippen LogP contribution in [-0.4, -0.2) is 68.5 Å². The third kappa shape index (κ3) is 8.25. The van der Waals surface area contributed by atoms with E-state index in [2.05, 4.69) is 28.2 Å². The first-order valence-electron chi connectivity index (χ1n) is 15.7. The third-order valence-electron chi connectivity index (χ3n) is 8.22. The molecule has 10 nitrogen and oxygen atoms in total. The molecule has 1 amide bonds. The quantitative estimate of drug-likeness (QED) is 0.161. The molecule has 1 fully saturated rings. The van der Waals surface area contributed by atoms with Gasteiger partial charge in [-0.25, -0.2) is 9.78 Å². The number of amides is 1. The smallest absolute Gasteiger partial charge is 0.420 e. The predicted octanol–water partition coefficient (Wildman–Crippen LogP) is 7.41. The number of piperidine rings is 1. The van der Waals surface area contributed by atoms with Crippen molar-refractivity contribution < 1.29 is 23.7 Å². The van der Waals surface area contributed by atoms with E-state index < -0.39 is 6.09 Å². The Kier molecular flexibility index (Phi) is 10.9. The summed E-state index contributed by atoms with van der Waals surface area (Å²) in [6.45, 7) is 8.16. The summed E-state index contributed by atoms with van der Waals surface area (Å²) >= 11 is 0. The Morgan fingerprint density at radius 1 is 0.913 bits per heavy atom. The number of hydrogen-bond donors (Lipinski definition) is 1. The van der Waals surface area contributed by atoms with Gasteiger partial charge in [-0.2, -0.15) is 4.98 Å². The Bertz CT molecular complexity index is 1640. The molecule has 0 bridgehead atoms. The van der Waals surface area contributed by atoms with Crippen molar-refractivity contribution in [2.45, 2.75) is 39.5 Å². The zero-order valence-electron chi connectivity index (χ0n) is 27.3. The highest BCUT2D eigenvalue weighted by Crippen LogP contribution is 2.33. The van der Waals surface area contributed by atoms with Crippen molar-refractivity contribution >= 4 is 23.4 Å². The van der Waals surface area contributed by atoms with Crippen LogP contribution in [0.3, 0.4) is 0 Å². The van der Waals surface area contributed by atoms with Gasteiger partial charge in [0.05, 0.1) is 32.2 Å². The zero-order valence-corrected chi connectivity index (χ0v) is 27.3. The van der Waals surface area contributed by atoms with Gasteiger partial charge in [0.25, 0.3) is 0 Å². The highest BCUT2D eigenvalue weighted by atomic mass is 16.6. The fourth-order valence-electron chi connectivity index (χ4n) is 5.47. The molecule has 0 atom stereocenters. The van der Waals surface area contributed by atoms with Crippen LogP contribution in [0.4, 0.5) is 22.1 Å². The summed E-state index contributed by atoms with van der Waals surface area (Å²) in [6, 6.07) is 20.6. The first-order valence-corrected chi connectivity index (χ1v) is 15.7. The second kappa shape index (κ2) is 15.4. The van der Waals surface area contributed by atoms with Crippen molar-refractivity contribution in [1.29, 1.82) is 0 Å². The number of rotatable bonds is 12. The maximum Gasteiger partial charge on any atom is 0.420 e. The van der Waals surface area contributed by atoms with Crippen LogP contribution in [0.2, 0.25) is 0 Å². The minimum Gasteiger partial charge on any atom is -0.497 e.